The SMILES string of the molecule is O=C(CNC(=O)c1cc(F)c(Cl)cc1Cl)NC1CC1. The number of benzene rings is 1. The smallest absolute Gasteiger partial charge is 0.253 e. The van der Waals surface area contributed by atoms with Crippen molar-refractivity contribution < 1.29 is 14.0 Å². The zero-order valence-corrected chi connectivity index (χ0v) is 11.3. The van der Waals surface area contributed by atoms with E-state index in [1.807, 2.05) is 0 Å². The van der Waals surface area contributed by atoms with Gasteiger partial charge in [-0.3, -0.25) is 9.59 Å². The molecule has 2 N–H and O–H groups in total. The van der Waals surface area contributed by atoms with E-state index < -0.39 is 11.7 Å². The molecule has 1 fully saturated rings. The van der Waals surface area contributed by atoms with Crippen LogP contribution in [0.15, 0.2) is 12.1 Å². The first-order chi connectivity index (χ1) is 8.97. The molecule has 4 nitrogen and oxygen atoms in total. The second kappa shape index (κ2) is 5.75. The monoisotopic (exact) mass is 304 g/mol. The van der Waals surface area contributed by atoms with E-state index in [2.05, 4.69) is 10.6 Å². The Morgan fingerprint density at radius 1 is 1.26 bits per heavy atom. The molecule has 102 valence electrons. The normalized spacial score (nSPS) is 14.1. The molecule has 1 aromatic carbocycles. The lowest BCUT2D eigenvalue weighted by atomic mass is 10.2. The standard InChI is InChI=1S/C12H11Cl2FN2O2/c13-8-4-9(14)10(15)3-7(8)12(19)16-5-11(18)17-6-1-2-6/h3-4,6H,1-2,5H2,(H,16,19)(H,17,18). The van der Waals surface area contributed by atoms with E-state index in [0.717, 1.165) is 25.0 Å². The zero-order valence-electron chi connectivity index (χ0n) is 9.80. The summed E-state index contributed by atoms with van der Waals surface area (Å²) in [5, 5.41) is 4.96. The Kier molecular flexibility index (Phi) is 4.27. The van der Waals surface area contributed by atoms with Gasteiger partial charge in [-0.1, -0.05) is 23.2 Å². The van der Waals surface area contributed by atoms with Gasteiger partial charge in [0.1, 0.15) is 5.82 Å². The van der Waals surface area contributed by atoms with E-state index in [9.17, 15) is 14.0 Å². The van der Waals surface area contributed by atoms with Crippen LogP contribution < -0.4 is 10.6 Å². The number of nitrogens with one attached hydrogen (secondary N) is 2. The highest BCUT2D eigenvalue weighted by Gasteiger charge is 2.23. The Labute approximate surface area is 119 Å². The van der Waals surface area contributed by atoms with Crippen molar-refractivity contribution in [1.29, 1.82) is 0 Å². The van der Waals surface area contributed by atoms with Gasteiger partial charge in [0.25, 0.3) is 5.91 Å². The molecule has 0 aromatic heterocycles. The van der Waals surface area contributed by atoms with Gasteiger partial charge in [-0.2, -0.15) is 0 Å². The van der Waals surface area contributed by atoms with Crippen molar-refractivity contribution in [3.63, 3.8) is 0 Å². The summed E-state index contributed by atoms with van der Waals surface area (Å²) < 4.78 is 13.2. The van der Waals surface area contributed by atoms with E-state index in [0.29, 0.717) is 0 Å². The summed E-state index contributed by atoms with van der Waals surface area (Å²) in [4.78, 5) is 23.1. The summed E-state index contributed by atoms with van der Waals surface area (Å²) in [7, 11) is 0. The summed E-state index contributed by atoms with van der Waals surface area (Å²) >= 11 is 11.3. The van der Waals surface area contributed by atoms with Crippen molar-refractivity contribution >= 4 is 35.0 Å². The lowest BCUT2D eigenvalue weighted by Gasteiger charge is -2.08. The molecule has 0 heterocycles. The minimum Gasteiger partial charge on any atom is -0.352 e. The van der Waals surface area contributed by atoms with Crippen molar-refractivity contribution in [2.24, 2.45) is 0 Å². The average Bonchev–Trinajstić information content (AvgIpc) is 3.14. The number of hydrogen-bond acceptors (Lipinski definition) is 2. The fourth-order valence-electron chi connectivity index (χ4n) is 1.46. The van der Waals surface area contributed by atoms with Crippen LogP contribution in [0.1, 0.15) is 23.2 Å². The summed E-state index contributed by atoms with van der Waals surface area (Å²) in [6, 6.07) is 2.32. The van der Waals surface area contributed by atoms with E-state index in [1.54, 1.807) is 0 Å². The first kappa shape index (κ1) is 14.1. The van der Waals surface area contributed by atoms with E-state index in [4.69, 9.17) is 23.2 Å². The van der Waals surface area contributed by atoms with Crippen molar-refractivity contribution in [3.05, 3.63) is 33.6 Å². The van der Waals surface area contributed by atoms with E-state index >= 15 is 0 Å². The van der Waals surface area contributed by atoms with E-state index in [-0.39, 0.29) is 34.1 Å². The van der Waals surface area contributed by atoms with Crippen LogP contribution in [-0.2, 0) is 4.79 Å². The van der Waals surface area contributed by atoms with Crippen LogP contribution >= 0.6 is 23.2 Å². The van der Waals surface area contributed by atoms with Crippen LogP contribution in [-0.4, -0.2) is 24.4 Å². The lowest BCUT2D eigenvalue weighted by molar-refractivity contribution is -0.120. The quantitative estimate of drug-likeness (QED) is 0.837. The fourth-order valence-corrected chi connectivity index (χ4v) is 1.93. The van der Waals surface area contributed by atoms with Gasteiger partial charge in [-0.15, -0.1) is 0 Å². The molecule has 19 heavy (non-hydrogen) atoms. The van der Waals surface area contributed by atoms with Crippen molar-refractivity contribution in [2.75, 3.05) is 6.54 Å². The maximum Gasteiger partial charge on any atom is 0.253 e. The molecule has 0 unspecified atom stereocenters. The molecule has 2 amide bonds. The summed E-state index contributed by atoms with van der Waals surface area (Å²) in [5.74, 6) is -1.63. The second-order valence-corrected chi connectivity index (χ2v) is 5.09. The highest BCUT2D eigenvalue weighted by molar-refractivity contribution is 6.36. The second-order valence-electron chi connectivity index (χ2n) is 4.27. The summed E-state index contributed by atoms with van der Waals surface area (Å²) in [6.45, 7) is -0.171. The van der Waals surface area contributed by atoms with Crippen LogP contribution in [0.2, 0.25) is 10.0 Å². The number of halogens is 3. The maximum atomic E-state index is 13.2. The molecule has 0 bridgehead atoms. The van der Waals surface area contributed by atoms with Crippen LogP contribution in [0.25, 0.3) is 0 Å². The molecule has 1 aromatic rings. The Morgan fingerprint density at radius 2 is 1.95 bits per heavy atom. The third-order valence-corrected chi connectivity index (χ3v) is 3.21. The van der Waals surface area contributed by atoms with Gasteiger partial charge in [0.15, 0.2) is 0 Å². The van der Waals surface area contributed by atoms with Gasteiger partial charge in [-0.25, -0.2) is 4.39 Å². The Hall–Kier alpha value is -1.33. The van der Waals surface area contributed by atoms with Crippen molar-refractivity contribution in [1.82, 2.24) is 10.6 Å². The first-order valence-electron chi connectivity index (χ1n) is 5.69. The van der Waals surface area contributed by atoms with Crippen molar-refractivity contribution in [2.45, 2.75) is 18.9 Å². The molecule has 0 aliphatic heterocycles. The number of carbonyl (C=O) groups excluding carboxylic acids is 2. The molecule has 0 radical (unpaired) electrons. The Bertz CT molecular complexity index is 533. The van der Waals surface area contributed by atoms with Gasteiger partial charge < -0.3 is 10.6 Å². The maximum absolute atomic E-state index is 13.2. The first-order valence-corrected chi connectivity index (χ1v) is 6.45. The molecule has 2 rings (SSSR count). The summed E-state index contributed by atoms with van der Waals surface area (Å²) in [5.41, 5.74) is -0.0530. The lowest BCUT2D eigenvalue weighted by Crippen LogP contribution is -2.37. The van der Waals surface area contributed by atoms with Crippen LogP contribution in [0.5, 0.6) is 0 Å². The number of carbonyl (C=O) groups is 2. The zero-order chi connectivity index (χ0) is 14.0. The minimum atomic E-state index is -0.737. The minimum absolute atomic E-state index is 0.0338. The highest BCUT2D eigenvalue weighted by atomic mass is 35.5. The molecular formula is C12H11Cl2FN2O2. The summed E-state index contributed by atoms with van der Waals surface area (Å²) in [6.07, 6.45) is 1.93. The predicted octanol–water partition coefficient (Wildman–Crippen LogP) is 2.14. The third kappa shape index (κ3) is 3.81. The van der Waals surface area contributed by atoms with Gasteiger partial charge in [-0.05, 0) is 25.0 Å². The predicted molar refractivity (Wildman–Crippen MR) is 69.9 cm³/mol. The molecule has 1 aliphatic carbocycles. The molecule has 0 atom stereocenters. The van der Waals surface area contributed by atoms with Crippen molar-refractivity contribution in [3.8, 4) is 0 Å². The highest BCUT2D eigenvalue weighted by Crippen LogP contribution is 2.24. The van der Waals surface area contributed by atoms with Gasteiger partial charge in [0.2, 0.25) is 5.91 Å². The Balaban J connectivity index is 1.95. The Morgan fingerprint density at radius 3 is 2.58 bits per heavy atom. The number of rotatable bonds is 4. The topological polar surface area (TPSA) is 58.2 Å². The van der Waals surface area contributed by atoms with Crippen LogP contribution in [0.4, 0.5) is 4.39 Å². The molecular weight excluding hydrogens is 294 g/mol. The van der Waals surface area contributed by atoms with Gasteiger partial charge >= 0.3 is 0 Å². The number of hydrogen-bond donors (Lipinski definition) is 2. The molecule has 0 spiro atoms. The van der Waals surface area contributed by atoms with E-state index in [1.165, 1.54) is 0 Å². The fraction of sp³-hybridized carbons (Fsp3) is 0.333. The molecule has 0 saturated heterocycles. The van der Waals surface area contributed by atoms with Crippen LogP contribution in [0.3, 0.4) is 0 Å². The van der Waals surface area contributed by atoms with Crippen LogP contribution in [0, 0.1) is 5.82 Å². The third-order valence-electron chi connectivity index (χ3n) is 2.61. The molecule has 7 heteroatoms. The molecule has 1 saturated carbocycles. The molecule has 1 aliphatic rings. The average molecular weight is 305 g/mol. The van der Waals surface area contributed by atoms with Gasteiger partial charge in [0, 0.05) is 6.04 Å². The number of amides is 2. The largest absolute Gasteiger partial charge is 0.352 e. The van der Waals surface area contributed by atoms with Gasteiger partial charge in [0.05, 0.1) is 22.2 Å².